The van der Waals surface area contributed by atoms with Crippen LogP contribution in [0.2, 0.25) is 0 Å². The predicted octanol–water partition coefficient (Wildman–Crippen LogP) is 3.13. The summed E-state index contributed by atoms with van der Waals surface area (Å²) in [5, 5.41) is 0. The first kappa shape index (κ1) is 10.5. The van der Waals surface area contributed by atoms with Crippen LogP contribution in [0.15, 0.2) is 16.6 Å². The van der Waals surface area contributed by atoms with Crippen LogP contribution in [0.4, 0.5) is 5.69 Å². The Morgan fingerprint density at radius 2 is 2.38 bits per heavy atom. The first-order valence-electron chi connectivity index (χ1n) is 5.26. The molecule has 0 bridgehead atoms. The van der Waals surface area contributed by atoms with Crippen molar-refractivity contribution in [2.45, 2.75) is 12.3 Å². The number of halogens is 1. The van der Waals surface area contributed by atoms with Crippen LogP contribution in [0, 0.1) is 0 Å². The number of benzene rings is 1. The molecule has 1 aromatic heterocycles. The van der Waals surface area contributed by atoms with Gasteiger partial charge in [-0.3, -0.25) is 0 Å². The maximum Gasteiger partial charge on any atom is 0.112 e. The van der Waals surface area contributed by atoms with Crippen LogP contribution in [0.25, 0.3) is 11.0 Å². The van der Waals surface area contributed by atoms with Gasteiger partial charge in [-0.05, 0) is 24.3 Å². The number of H-pyrrole nitrogens is 1. The summed E-state index contributed by atoms with van der Waals surface area (Å²) in [5.41, 5.74) is 8.61. The zero-order chi connectivity index (χ0) is 11.1. The van der Waals surface area contributed by atoms with Gasteiger partial charge < -0.3 is 10.7 Å². The highest BCUT2D eigenvalue weighted by molar-refractivity contribution is 9.10. The van der Waals surface area contributed by atoms with Gasteiger partial charge in [0.15, 0.2) is 0 Å². The summed E-state index contributed by atoms with van der Waals surface area (Å²) in [6.07, 6.45) is 1.21. The molecule has 1 aliphatic rings. The van der Waals surface area contributed by atoms with E-state index < -0.39 is 0 Å². The molecule has 0 aliphatic carbocycles. The number of anilines is 1. The summed E-state index contributed by atoms with van der Waals surface area (Å²) in [6.45, 7) is 0. The standard InChI is InChI=1S/C11H12BrN3S/c12-7-3-8(13)10-9(4-7)14-11(15-10)6-1-2-16-5-6/h3-4,6H,1-2,5,13H2,(H,14,15). The van der Waals surface area contributed by atoms with E-state index in [1.165, 1.54) is 17.9 Å². The maximum atomic E-state index is 5.95. The number of nitrogens with one attached hydrogen (secondary N) is 1. The normalized spacial score (nSPS) is 20.7. The molecule has 16 heavy (non-hydrogen) atoms. The van der Waals surface area contributed by atoms with Gasteiger partial charge in [-0.1, -0.05) is 15.9 Å². The van der Waals surface area contributed by atoms with Gasteiger partial charge in [-0.15, -0.1) is 0 Å². The van der Waals surface area contributed by atoms with E-state index in [2.05, 4.69) is 25.9 Å². The van der Waals surface area contributed by atoms with Crippen LogP contribution in [0.1, 0.15) is 18.2 Å². The molecule has 5 heteroatoms. The fourth-order valence-corrected chi connectivity index (χ4v) is 3.77. The molecule has 3 nitrogen and oxygen atoms in total. The van der Waals surface area contributed by atoms with E-state index in [-0.39, 0.29) is 0 Å². The van der Waals surface area contributed by atoms with Gasteiger partial charge in [0.2, 0.25) is 0 Å². The minimum atomic E-state index is 0.565. The van der Waals surface area contributed by atoms with E-state index in [9.17, 15) is 0 Å². The van der Waals surface area contributed by atoms with E-state index >= 15 is 0 Å². The second-order valence-electron chi connectivity index (χ2n) is 4.07. The number of rotatable bonds is 1. The van der Waals surface area contributed by atoms with Crippen LogP contribution in [0.3, 0.4) is 0 Å². The number of aromatic amines is 1. The molecule has 0 radical (unpaired) electrons. The Kier molecular flexibility index (Phi) is 2.59. The third kappa shape index (κ3) is 1.72. The van der Waals surface area contributed by atoms with Crippen molar-refractivity contribution < 1.29 is 0 Å². The quantitative estimate of drug-likeness (QED) is 0.795. The molecule has 1 aliphatic heterocycles. The number of hydrogen-bond donors (Lipinski definition) is 2. The minimum absolute atomic E-state index is 0.565. The number of imidazole rings is 1. The van der Waals surface area contributed by atoms with Crippen LogP contribution in [0.5, 0.6) is 0 Å². The summed E-state index contributed by atoms with van der Waals surface area (Å²) in [6, 6.07) is 3.93. The zero-order valence-electron chi connectivity index (χ0n) is 8.66. The van der Waals surface area contributed by atoms with Gasteiger partial charge in [0.1, 0.15) is 11.3 Å². The van der Waals surface area contributed by atoms with E-state index in [0.717, 1.165) is 27.0 Å². The number of aromatic nitrogens is 2. The SMILES string of the molecule is Nc1cc(Br)cc2[nH]c(C3CCSC3)nc12. The van der Waals surface area contributed by atoms with Crippen molar-refractivity contribution >= 4 is 44.4 Å². The molecular weight excluding hydrogens is 286 g/mol. The van der Waals surface area contributed by atoms with E-state index in [4.69, 9.17) is 5.73 Å². The van der Waals surface area contributed by atoms with Gasteiger partial charge in [-0.25, -0.2) is 4.98 Å². The summed E-state index contributed by atoms with van der Waals surface area (Å²) < 4.78 is 0.994. The van der Waals surface area contributed by atoms with Crippen molar-refractivity contribution in [2.75, 3.05) is 17.2 Å². The second kappa shape index (κ2) is 3.96. The molecule has 3 N–H and O–H groups in total. The van der Waals surface area contributed by atoms with Crippen molar-refractivity contribution in [1.29, 1.82) is 0 Å². The maximum absolute atomic E-state index is 5.95. The van der Waals surface area contributed by atoms with Gasteiger partial charge in [0.25, 0.3) is 0 Å². The lowest BCUT2D eigenvalue weighted by Gasteiger charge is -2.01. The van der Waals surface area contributed by atoms with Gasteiger partial charge >= 0.3 is 0 Å². The largest absolute Gasteiger partial charge is 0.397 e. The number of fused-ring (bicyclic) bond motifs is 1. The smallest absolute Gasteiger partial charge is 0.112 e. The lowest BCUT2D eigenvalue weighted by Crippen LogP contribution is -1.98. The fraction of sp³-hybridized carbons (Fsp3) is 0.364. The van der Waals surface area contributed by atoms with Crippen molar-refractivity contribution in [3.05, 3.63) is 22.4 Å². The van der Waals surface area contributed by atoms with Gasteiger partial charge in [0, 0.05) is 16.1 Å². The van der Waals surface area contributed by atoms with Crippen LogP contribution < -0.4 is 5.73 Å². The predicted molar refractivity (Wildman–Crippen MR) is 72.9 cm³/mol. The molecule has 2 heterocycles. The zero-order valence-corrected chi connectivity index (χ0v) is 11.1. The molecule has 1 aromatic carbocycles. The fourth-order valence-electron chi connectivity index (χ4n) is 2.07. The Morgan fingerprint density at radius 3 is 3.12 bits per heavy atom. The van der Waals surface area contributed by atoms with Gasteiger partial charge in [-0.2, -0.15) is 11.8 Å². The molecule has 3 rings (SSSR count). The molecule has 84 valence electrons. The van der Waals surface area contributed by atoms with Crippen molar-refractivity contribution in [3.63, 3.8) is 0 Å². The topological polar surface area (TPSA) is 54.7 Å². The molecular formula is C11H12BrN3S. The number of thioether (sulfide) groups is 1. The highest BCUT2D eigenvalue weighted by atomic mass is 79.9. The lowest BCUT2D eigenvalue weighted by atomic mass is 10.1. The first-order valence-corrected chi connectivity index (χ1v) is 7.21. The Bertz CT molecular complexity index is 531. The molecule has 2 aromatic rings. The molecule has 1 saturated heterocycles. The highest BCUT2D eigenvalue weighted by Crippen LogP contribution is 2.33. The summed E-state index contributed by atoms with van der Waals surface area (Å²) in [4.78, 5) is 8.01. The number of nitrogens with zero attached hydrogens (tertiary/aromatic N) is 1. The van der Waals surface area contributed by atoms with E-state index in [0.29, 0.717) is 5.92 Å². The Balaban J connectivity index is 2.11. The summed E-state index contributed by atoms with van der Waals surface area (Å²) in [5.74, 6) is 4.06. The van der Waals surface area contributed by atoms with E-state index in [1.54, 1.807) is 0 Å². The highest BCUT2D eigenvalue weighted by Gasteiger charge is 2.21. The lowest BCUT2D eigenvalue weighted by molar-refractivity contribution is 0.733. The average molecular weight is 298 g/mol. The number of hydrogen-bond acceptors (Lipinski definition) is 3. The monoisotopic (exact) mass is 297 g/mol. The Labute approximate surface area is 106 Å². The number of nitrogens with two attached hydrogens (primary N) is 1. The summed E-state index contributed by atoms with van der Waals surface area (Å²) in [7, 11) is 0. The van der Waals surface area contributed by atoms with E-state index in [1.807, 2.05) is 23.9 Å². The third-order valence-corrected chi connectivity index (χ3v) is 4.54. The van der Waals surface area contributed by atoms with Gasteiger partial charge in [0.05, 0.1) is 11.2 Å². The molecule has 0 amide bonds. The third-order valence-electron chi connectivity index (χ3n) is 2.92. The summed E-state index contributed by atoms with van der Waals surface area (Å²) >= 11 is 5.44. The molecule has 1 fully saturated rings. The van der Waals surface area contributed by atoms with Crippen LogP contribution >= 0.6 is 27.7 Å². The number of nitrogen functional groups attached to an aromatic ring is 1. The minimum Gasteiger partial charge on any atom is -0.397 e. The van der Waals surface area contributed by atoms with Crippen LogP contribution in [-0.2, 0) is 0 Å². The molecule has 0 saturated carbocycles. The Morgan fingerprint density at radius 1 is 1.50 bits per heavy atom. The average Bonchev–Trinajstić information content (AvgIpc) is 2.82. The van der Waals surface area contributed by atoms with Crippen LogP contribution in [-0.4, -0.2) is 21.5 Å². The van der Waals surface area contributed by atoms with Crippen molar-refractivity contribution in [2.24, 2.45) is 0 Å². The molecule has 1 unspecified atom stereocenters. The second-order valence-corrected chi connectivity index (χ2v) is 6.14. The first-order chi connectivity index (χ1) is 7.74. The van der Waals surface area contributed by atoms with Crippen molar-refractivity contribution in [3.8, 4) is 0 Å². The molecule has 0 spiro atoms. The molecule has 1 atom stereocenters. The Hall–Kier alpha value is -0.680. The van der Waals surface area contributed by atoms with Crippen molar-refractivity contribution in [1.82, 2.24) is 9.97 Å².